The van der Waals surface area contributed by atoms with Gasteiger partial charge in [0, 0.05) is 18.4 Å². The number of hydrogen-bond acceptors (Lipinski definition) is 6. The molecule has 2 aromatic carbocycles. The van der Waals surface area contributed by atoms with Gasteiger partial charge in [0.25, 0.3) is 0 Å². The molecule has 0 fully saturated rings. The number of aliphatic carboxylic acids is 1. The highest BCUT2D eigenvalue weighted by Gasteiger charge is 2.26. The van der Waals surface area contributed by atoms with E-state index in [0.29, 0.717) is 17.0 Å². The molecule has 1 amide bonds. The second-order valence-corrected chi connectivity index (χ2v) is 6.08. The number of para-hydroxylation sites is 1. The predicted octanol–water partition coefficient (Wildman–Crippen LogP) is 3.39. The summed E-state index contributed by atoms with van der Waals surface area (Å²) in [5, 5.41) is 20.5. The van der Waals surface area contributed by atoms with Gasteiger partial charge < -0.3 is 24.4 Å². The van der Waals surface area contributed by atoms with Crippen LogP contribution in [0, 0.1) is 0 Å². The first-order chi connectivity index (χ1) is 14.5. The molecule has 0 aliphatic heterocycles. The van der Waals surface area contributed by atoms with Gasteiger partial charge in [0.15, 0.2) is 6.10 Å². The van der Waals surface area contributed by atoms with Gasteiger partial charge in [-0.2, -0.15) is 0 Å². The maximum atomic E-state index is 12.5. The number of carboxylic acid groups (broad SMARTS) is 1. The summed E-state index contributed by atoms with van der Waals surface area (Å²) < 4.78 is 16.6. The molecule has 0 saturated carbocycles. The molecule has 160 valence electrons. The van der Waals surface area contributed by atoms with E-state index in [1.54, 1.807) is 55.5 Å². The molecule has 8 nitrogen and oxygen atoms in total. The van der Waals surface area contributed by atoms with Gasteiger partial charge in [-0.3, -0.25) is 5.32 Å². The predicted molar refractivity (Wildman–Crippen MR) is 110 cm³/mol. The van der Waals surface area contributed by atoms with Crippen LogP contribution in [0.5, 0.6) is 5.75 Å². The van der Waals surface area contributed by atoms with Gasteiger partial charge in [0.05, 0.1) is 6.61 Å². The third kappa shape index (κ3) is 7.57. The minimum absolute atomic E-state index is 0.112. The molecule has 0 unspecified atom stereocenters. The summed E-state index contributed by atoms with van der Waals surface area (Å²) in [6.45, 7) is 2.09. The van der Waals surface area contributed by atoms with Crippen LogP contribution in [0.4, 0.5) is 10.5 Å². The zero-order chi connectivity index (χ0) is 21.8. The fraction of sp³-hybridized carbons (Fsp3) is 0.273. The molecule has 2 atom stereocenters. The third-order valence-electron chi connectivity index (χ3n) is 3.91. The largest absolute Gasteiger partial charge is 0.491 e. The van der Waals surface area contributed by atoms with E-state index < -0.39 is 24.3 Å². The first kappa shape index (κ1) is 22.9. The Labute approximate surface area is 174 Å². The highest BCUT2D eigenvalue weighted by Crippen LogP contribution is 2.27. The molecule has 0 spiro atoms. The molecule has 2 rings (SSSR count). The number of aliphatic hydroxyl groups excluding tert-OH is 1. The smallest absolute Gasteiger partial charge is 0.412 e. The SMILES string of the molecule is CCO[C@H](/C=C/C(=O)O)[C@H](OC(=O)Nc1ccccc1)c1ccc(OCCO)cc1. The summed E-state index contributed by atoms with van der Waals surface area (Å²) in [5.41, 5.74) is 1.14. The first-order valence-corrected chi connectivity index (χ1v) is 9.42. The number of carbonyl (C=O) groups excluding carboxylic acids is 1. The summed E-state index contributed by atoms with van der Waals surface area (Å²) in [6, 6.07) is 15.5. The molecule has 0 saturated heterocycles. The van der Waals surface area contributed by atoms with Gasteiger partial charge in [0.1, 0.15) is 18.5 Å². The van der Waals surface area contributed by atoms with Crippen LogP contribution in [-0.4, -0.2) is 48.2 Å². The molecular weight excluding hydrogens is 390 g/mol. The van der Waals surface area contributed by atoms with E-state index in [4.69, 9.17) is 24.4 Å². The average Bonchev–Trinajstić information content (AvgIpc) is 2.75. The number of benzene rings is 2. The van der Waals surface area contributed by atoms with Crippen LogP contribution in [0.25, 0.3) is 0 Å². The van der Waals surface area contributed by atoms with Gasteiger partial charge in [-0.25, -0.2) is 9.59 Å². The summed E-state index contributed by atoms with van der Waals surface area (Å²) >= 11 is 0. The zero-order valence-corrected chi connectivity index (χ0v) is 16.6. The fourth-order valence-corrected chi connectivity index (χ4v) is 2.64. The van der Waals surface area contributed by atoms with Crippen molar-refractivity contribution in [2.75, 3.05) is 25.1 Å². The summed E-state index contributed by atoms with van der Waals surface area (Å²) in [7, 11) is 0. The monoisotopic (exact) mass is 415 g/mol. The number of aliphatic hydroxyl groups is 1. The number of carbonyl (C=O) groups is 2. The normalized spacial score (nSPS) is 12.9. The van der Waals surface area contributed by atoms with E-state index in [2.05, 4.69) is 5.32 Å². The number of carboxylic acids is 1. The molecular formula is C22H25NO7. The highest BCUT2D eigenvalue weighted by atomic mass is 16.6. The lowest BCUT2D eigenvalue weighted by Gasteiger charge is -2.25. The molecule has 8 heteroatoms. The summed E-state index contributed by atoms with van der Waals surface area (Å²) in [6.07, 6.45) is -0.152. The van der Waals surface area contributed by atoms with Crippen molar-refractivity contribution in [3.8, 4) is 5.75 Å². The van der Waals surface area contributed by atoms with E-state index in [1.807, 2.05) is 6.07 Å². The van der Waals surface area contributed by atoms with Crippen molar-refractivity contribution >= 4 is 17.7 Å². The summed E-state index contributed by atoms with van der Waals surface area (Å²) in [5.74, 6) is -0.603. The number of anilines is 1. The second-order valence-electron chi connectivity index (χ2n) is 6.08. The van der Waals surface area contributed by atoms with Crippen molar-refractivity contribution in [1.29, 1.82) is 0 Å². The van der Waals surface area contributed by atoms with Gasteiger partial charge in [-0.05, 0) is 42.8 Å². The van der Waals surface area contributed by atoms with Gasteiger partial charge in [-0.1, -0.05) is 30.3 Å². The average molecular weight is 415 g/mol. The topological polar surface area (TPSA) is 114 Å². The second kappa shape index (κ2) is 12.3. The van der Waals surface area contributed by atoms with Crippen LogP contribution < -0.4 is 10.1 Å². The Balaban J connectivity index is 2.25. The van der Waals surface area contributed by atoms with Crippen molar-refractivity contribution in [2.45, 2.75) is 19.1 Å². The van der Waals surface area contributed by atoms with Gasteiger partial charge in [0.2, 0.25) is 0 Å². The number of nitrogens with one attached hydrogen (secondary N) is 1. The van der Waals surface area contributed by atoms with Crippen LogP contribution >= 0.6 is 0 Å². The Morgan fingerprint density at radius 2 is 1.80 bits per heavy atom. The molecule has 0 aromatic heterocycles. The molecule has 0 radical (unpaired) electrons. The number of hydrogen-bond donors (Lipinski definition) is 3. The number of rotatable bonds is 11. The summed E-state index contributed by atoms with van der Waals surface area (Å²) in [4.78, 5) is 23.4. The Morgan fingerprint density at radius 1 is 1.10 bits per heavy atom. The van der Waals surface area contributed by atoms with E-state index in [1.165, 1.54) is 6.08 Å². The first-order valence-electron chi connectivity index (χ1n) is 9.42. The zero-order valence-electron chi connectivity index (χ0n) is 16.6. The van der Waals surface area contributed by atoms with Crippen LogP contribution in [0.15, 0.2) is 66.7 Å². The maximum absolute atomic E-state index is 12.5. The molecule has 3 N–H and O–H groups in total. The molecule has 2 aromatic rings. The van der Waals surface area contributed by atoms with Gasteiger partial charge in [-0.15, -0.1) is 0 Å². The van der Waals surface area contributed by atoms with E-state index >= 15 is 0 Å². The third-order valence-corrected chi connectivity index (χ3v) is 3.91. The van der Waals surface area contributed by atoms with Crippen LogP contribution in [0.1, 0.15) is 18.6 Å². The molecule has 0 bridgehead atoms. The highest BCUT2D eigenvalue weighted by molar-refractivity contribution is 5.84. The minimum atomic E-state index is -1.14. The van der Waals surface area contributed by atoms with Crippen molar-refractivity contribution in [3.63, 3.8) is 0 Å². The lowest BCUT2D eigenvalue weighted by atomic mass is 10.0. The molecule has 30 heavy (non-hydrogen) atoms. The van der Waals surface area contributed by atoms with Crippen molar-refractivity contribution < 1.29 is 34.0 Å². The minimum Gasteiger partial charge on any atom is -0.491 e. The Morgan fingerprint density at radius 3 is 2.40 bits per heavy atom. The standard InChI is InChI=1S/C22H25NO7/c1-2-28-19(12-13-20(25)26)21(16-8-10-18(11-9-16)29-15-14-24)30-22(27)23-17-6-4-3-5-7-17/h3-13,19,21,24H,2,14-15H2,1H3,(H,23,27)(H,25,26)/b13-12+/t19-,21-/m1/s1. The lowest BCUT2D eigenvalue weighted by molar-refractivity contribution is -0.131. The molecule has 0 aliphatic rings. The lowest BCUT2D eigenvalue weighted by Crippen LogP contribution is -2.27. The Kier molecular flexibility index (Phi) is 9.36. The van der Waals surface area contributed by atoms with Crippen molar-refractivity contribution in [2.24, 2.45) is 0 Å². The Bertz CT molecular complexity index is 821. The Hall–Kier alpha value is -3.36. The fourth-order valence-electron chi connectivity index (χ4n) is 2.64. The molecule has 0 aliphatic carbocycles. The number of ether oxygens (including phenoxy) is 3. The van der Waals surface area contributed by atoms with Gasteiger partial charge >= 0.3 is 12.1 Å². The van der Waals surface area contributed by atoms with Crippen molar-refractivity contribution in [1.82, 2.24) is 0 Å². The number of amides is 1. The van der Waals surface area contributed by atoms with E-state index in [9.17, 15) is 9.59 Å². The van der Waals surface area contributed by atoms with Crippen LogP contribution in [0.3, 0.4) is 0 Å². The maximum Gasteiger partial charge on any atom is 0.412 e. The van der Waals surface area contributed by atoms with E-state index in [0.717, 1.165) is 6.08 Å². The van der Waals surface area contributed by atoms with Crippen LogP contribution in [-0.2, 0) is 14.3 Å². The van der Waals surface area contributed by atoms with Crippen molar-refractivity contribution in [3.05, 3.63) is 72.3 Å². The van der Waals surface area contributed by atoms with E-state index in [-0.39, 0.29) is 19.8 Å². The molecule has 0 heterocycles. The quantitative estimate of drug-likeness (QED) is 0.482. The van der Waals surface area contributed by atoms with Crippen LogP contribution in [0.2, 0.25) is 0 Å².